The molecule has 0 radical (unpaired) electrons. The lowest BCUT2D eigenvalue weighted by atomic mass is 9.73. The molecular weight excluding hydrogens is 300 g/mol. The smallest absolute Gasteiger partial charge is 0.193 e. The second-order valence-electron chi connectivity index (χ2n) is 8.30. The van der Waals surface area contributed by atoms with Crippen molar-refractivity contribution in [2.45, 2.75) is 70.4 Å². The van der Waals surface area contributed by atoms with Gasteiger partial charge in [0.2, 0.25) is 0 Å². The largest absolute Gasteiger partial charge is 0.392 e. The molecule has 5 heteroatoms. The highest BCUT2D eigenvalue weighted by Gasteiger charge is 2.36. The molecule has 3 atom stereocenters. The van der Waals surface area contributed by atoms with Crippen LogP contribution in [0.25, 0.3) is 0 Å². The number of piperidine rings is 1. The molecule has 0 bridgehead atoms. The van der Waals surface area contributed by atoms with Gasteiger partial charge in [-0.25, -0.2) is 0 Å². The molecule has 3 aliphatic rings. The molecule has 0 aromatic carbocycles. The lowest BCUT2D eigenvalue weighted by Gasteiger charge is -2.39. The normalized spacial score (nSPS) is 36.1. The average Bonchev–Trinajstić information content (AvgIpc) is 3.09. The summed E-state index contributed by atoms with van der Waals surface area (Å²) in [5.74, 6) is 1.02. The lowest BCUT2D eigenvalue weighted by molar-refractivity contribution is 0.00368. The summed E-state index contributed by atoms with van der Waals surface area (Å²) in [7, 11) is 1.89. The fourth-order valence-electron chi connectivity index (χ4n) is 4.72. The number of likely N-dealkylation sites (tertiary alicyclic amines) is 2. The van der Waals surface area contributed by atoms with Crippen molar-refractivity contribution < 1.29 is 5.11 Å². The maximum atomic E-state index is 10.4. The first-order valence-corrected chi connectivity index (χ1v) is 10.00. The summed E-state index contributed by atoms with van der Waals surface area (Å²) in [5.41, 5.74) is -0.0137. The molecule has 0 aromatic rings. The summed E-state index contributed by atoms with van der Waals surface area (Å²) >= 11 is 0. The van der Waals surface area contributed by atoms with E-state index in [1.807, 2.05) is 7.05 Å². The number of nitrogens with zero attached hydrogens (tertiary/aromatic N) is 3. The van der Waals surface area contributed by atoms with Gasteiger partial charge in [0.15, 0.2) is 5.96 Å². The van der Waals surface area contributed by atoms with Gasteiger partial charge in [0.05, 0.1) is 6.10 Å². The Morgan fingerprint density at radius 3 is 2.62 bits per heavy atom. The Bertz CT molecular complexity index is 435. The van der Waals surface area contributed by atoms with Crippen molar-refractivity contribution in [3.8, 4) is 0 Å². The van der Waals surface area contributed by atoms with Gasteiger partial charge < -0.3 is 15.3 Å². The number of hydrogen-bond acceptors (Lipinski definition) is 3. The molecule has 5 nitrogen and oxygen atoms in total. The van der Waals surface area contributed by atoms with Crippen LogP contribution in [0, 0.1) is 5.41 Å². The Labute approximate surface area is 147 Å². The third kappa shape index (κ3) is 4.05. The van der Waals surface area contributed by atoms with E-state index in [1.54, 1.807) is 0 Å². The molecule has 3 rings (SSSR count). The van der Waals surface area contributed by atoms with Crippen molar-refractivity contribution >= 4 is 5.96 Å². The van der Waals surface area contributed by atoms with Gasteiger partial charge in [-0.2, -0.15) is 0 Å². The summed E-state index contributed by atoms with van der Waals surface area (Å²) in [6.45, 7) is 7.78. The van der Waals surface area contributed by atoms with Crippen LogP contribution < -0.4 is 5.32 Å². The predicted octanol–water partition coefficient (Wildman–Crippen LogP) is 2.06. The van der Waals surface area contributed by atoms with E-state index in [9.17, 15) is 5.11 Å². The molecule has 0 aromatic heterocycles. The maximum Gasteiger partial charge on any atom is 0.193 e. The van der Waals surface area contributed by atoms with E-state index in [0.717, 1.165) is 44.9 Å². The Hall–Kier alpha value is -0.810. The Morgan fingerprint density at radius 2 is 1.92 bits per heavy atom. The van der Waals surface area contributed by atoms with Crippen molar-refractivity contribution in [2.24, 2.45) is 10.4 Å². The van der Waals surface area contributed by atoms with Crippen LogP contribution in [-0.4, -0.2) is 72.8 Å². The minimum absolute atomic E-state index is 0.0137. The fourth-order valence-corrected chi connectivity index (χ4v) is 4.72. The second-order valence-corrected chi connectivity index (χ2v) is 8.30. The van der Waals surface area contributed by atoms with E-state index in [1.165, 1.54) is 45.2 Å². The standard InChI is InChI=1S/C19H36N4O/c1-19(10-5-4-8-17(19)24)15-21-18(20-2)23-13-9-16(14-23)22-11-6-3-7-12-22/h16-17,24H,3-15H2,1-2H3,(H,20,21). The van der Waals surface area contributed by atoms with E-state index in [2.05, 4.69) is 27.0 Å². The van der Waals surface area contributed by atoms with Crippen LogP contribution in [0.1, 0.15) is 58.3 Å². The van der Waals surface area contributed by atoms with Crippen LogP contribution in [0.4, 0.5) is 0 Å². The van der Waals surface area contributed by atoms with E-state index in [0.29, 0.717) is 6.04 Å². The zero-order chi connectivity index (χ0) is 17.0. The Balaban J connectivity index is 1.51. The van der Waals surface area contributed by atoms with Crippen LogP contribution in [0.2, 0.25) is 0 Å². The summed E-state index contributed by atoms with van der Waals surface area (Å²) in [5, 5.41) is 14.0. The van der Waals surface area contributed by atoms with Gasteiger partial charge in [-0.15, -0.1) is 0 Å². The number of rotatable bonds is 3. The number of aliphatic hydroxyl groups is 1. The monoisotopic (exact) mass is 336 g/mol. The molecule has 138 valence electrons. The van der Waals surface area contributed by atoms with Crippen LogP contribution in [0.15, 0.2) is 4.99 Å². The molecule has 3 fully saturated rings. The fraction of sp³-hybridized carbons (Fsp3) is 0.947. The summed E-state index contributed by atoms with van der Waals surface area (Å²) in [6.07, 6.45) is 9.63. The van der Waals surface area contributed by atoms with Crippen LogP contribution in [-0.2, 0) is 0 Å². The molecule has 0 amide bonds. The van der Waals surface area contributed by atoms with Crippen molar-refractivity contribution in [2.75, 3.05) is 39.8 Å². The first-order chi connectivity index (χ1) is 11.6. The van der Waals surface area contributed by atoms with E-state index >= 15 is 0 Å². The van der Waals surface area contributed by atoms with Crippen molar-refractivity contribution in [1.82, 2.24) is 15.1 Å². The summed E-state index contributed by atoms with van der Waals surface area (Å²) < 4.78 is 0. The highest BCUT2D eigenvalue weighted by Crippen LogP contribution is 2.35. The highest BCUT2D eigenvalue weighted by atomic mass is 16.3. The Morgan fingerprint density at radius 1 is 1.12 bits per heavy atom. The van der Waals surface area contributed by atoms with Crippen LogP contribution in [0.3, 0.4) is 0 Å². The van der Waals surface area contributed by atoms with Gasteiger partial charge >= 0.3 is 0 Å². The average molecular weight is 337 g/mol. The SMILES string of the molecule is CN=C(NCC1(C)CCCCC1O)N1CCC(N2CCCCC2)C1. The number of aliphatic imine (C=N–C) groups is 1. The minimum atomic E-state index is -0.184. The van der Waals surface area contributed by atoms with Crippen LogP contribution >= 0.6 is 0 Å². The zero-order valence-corrected chi connectivity index (χ0v) is 15.6. The van der Waals surface area contributed by atoms with Gasteiger partial charge in [0.25, 0.3) is 0 Å². The molecule has 2 N–H and O–H groups in total. The number of aliphatic hydroxyl groups excluding tert-OH is 1. The van der Waals surface area contributed by atoms with Crippen molar-refractivity contribution in [3.05, 3.63) is 0 Å². The van der Waals surface area contributed by atoms with E-state index in [-0.39, 0.29) is 11.5 Å². The molecule has 0 spiro atoms. The molecule has 2 heterocycles. The molecule has 1 saturated carbocycles. The first kappa shape index (κ1) is 18.0. The van der Waals surface area contributed by atoms with Crippen molar-refractivity contribution in [3.63, 3.8) is 0 Å². The van der Waals surface area contributed by atoms with E-state index < -0.39 is 0 Å². The number of nitrogens with one attached hydrogen (secondary N) is 1. The van der Waals surface area contributed by atoms with Gasteiger partial charge in [0.1, 0.15) is 0 Å². The molecule has 3 unspecified atom stereocenters. The number of hydrogen-bond donors (Lipinski definition) is 2. The minimum Gasteiger partial charge on any atom is -0.392 e. The molecule has 24 heavy (non-hydrogen) atoms. The quantitative estimate of drug-likeness (QED) is 0.612. The van der Waals surface area contributed by atoms with Gasteiger partial charge in [-0.1, -0.05) is 26.2 Å². The molecule has 2 saturated heterocycles. The molecule has 2 aliphatic heterocycles. The predicted molar refractivity (Wildman–Crippen MR) is 99.3 cm³/mol. The number of guanidine groups is 1. The third-order valence-corrected chi connectivity index (χ3v) is 6.51. The van der Waals surface area contributed by atoms with Crippen LogP contribution in [0.5, 0.6) is 0 Å². The van der Waals surface area contributed by atoms with Crippen molar-refractivity contribution in [1.29, 1.82) is 0 Å². The first-order valence-electron chi connectivity index (χ1n) is 10.00. The second kappa shape index (κ2) is 8.05. The van der Waals surface area contributed by atoms with E-state index in [4.69, 9.17) is 0 Å². The topological polar surface area (TPSA) is 51.1 Å². The lowest BCUT2D eigenvalue weighted by Crippen LogP contribution is -2.50. The summed E-state index contributed by atoms with van der Waals surface area (Å²) in [6, 6.07) is 0.694. The van der Waals surface area contributed by atoms with Gasteiger partial charge in [0, 0.05) is 38.1 Å². The molecular formula is C19H36N4O. The zero-order valence-electron chi connectivity index (χ0n) is 15.6. The Kier molecular flexibility index (Phi) is 6.03. The maximum absolute atomic E-state index is 10.4. The highest BCUT2D eigenvalue weighted by molar-refractivity contribution is 5.80. The van der Waals surface area contributed by atoms with Gasteiger partial charge in [-0.05, 0) is 45.2 Å². The third-order valence-electron chi connectivity index (χ3n) is 6.51. The molecule has 1 aliphatic carbocycles. The summed E-state index contributed by atoms with van der Waals surface area (Å²) in [4.78, 5) is 9.62. The van der Waals surface area contributed by atoms with Gasteiger partial charge in [-0.3, -0.25) is 9.89 Å².